The highest BCUT2D eigenvalue weighted by Gasteiger charge is 2.31. The van der Waals surface area contributed by atoms with Gasteiger partial charge in [-0.25, -0.2) is 0 Å². The van der Waals surface area contributed by atoms with Crippen LogP contribution in [0.4, 0.5) is 0 Å². The molecule has 0 fully saturated rings. The first kappa shape index (κ1) is 17.9. The summed E-state index contributed by atoms with van der Waals surface area (Å²) in [6.07, 6.45) is -0.606. The topological polar surface area (TPSA) is 61.8 Å². The van der Waals surface area contributed by atoms with E-state index in [0.717, 1.165) is 0 Å². The van der Waals surface area contributed by atoms with E-state index in [1.54, 1.807) is 41.5 Å². The Bertz CT molecular complexity index is 305. The Kier molecular flexibility index (Phi) is 7.05. The maximum atomic E-state index is 11.9. The van der Waals surface area contributed by atoms with Gasteiger partial charge in [0.05, 0.1) is 11.8 Å². The predicted molar refractivity (Wildman–Crippen MR) is 71.4 cm³/mol. The fourth-order valence-corrected chi connectivity index (χ4v) is 1.34. The second-order valence-corrected chi connectivity index (χ2v) is 5.57. The highest BCUT2D eigenvalue weighted by Crippen LogP contribution is 2.19. The summed E-state index contributed by atoms with van der Waals surface area (Å²) in [5.74, 6) is -1.99. The molecule has 0 heterocycles. The number of rotatable bonds is 6. The zero-order chi connectivity index (χ0) is 15.2. The van der Waals surface area contributed by atoms with Gasteiger partial charge in [-0.3, -0.25) is 9.59 Å². The fourth-order valence-electron chi connectivity index (χ4n) is 1.34. The molecule has 0 rings (SSSR count). The van der Waals surface area contributed by atoms with Gasteiger partial charge in [0.2, 0.25) is 0 Å². The maximum absolute atomic E-state index is 11.9. The number of carbonyl (C=O) groups is 2. The summed E-state index contributed by atoms with van der Waals surface area (Å²) in [6.45, 7) is 12.6. The minimum atomic E-state index is -0.606. The van der Waals surface area contributed by atoms with Crippen LogP contribution < -0.4 is 0 Å². The van der Waals surface area contributed by atoms with Crippen molar-refractivity contribution in [1.82, 2.24) is 0 Å². The third-order valence-corrected chi connectivity index (χ3v) is 2.58. The predicted octanol–water partition coefficient (Wildman–Crippen LogP) is 2.53. The molecule has 19 heavy (non-hydrogen) atoms. The molecule has 0 saturated heterocycles. The van der Waals surface area contributed by atoms with Gasteiger partial charge in [0.25, 0.3) is 0 Å². The lowest BCUT2D eigenvalue weighted by molar-refractivity contribution is -0.184. The molecule has 0 aliphatic heterocycles. The summed E-state index contributed by atoms with van der Waals surface area (Å²) in [5.41, 5.74) is -0.562. The number of ether oxygens (including phenoxy) is 3. The normalized spacial score (nSPS) is 16.4. The summed E-state index contributed by atoms with van der Waals surface area (Å²) in [6, 6.07) is 0. The van der Waals surface area contributed by atoms with Gasteiger partial charge in [-0.2, -0.15) is 0 Å². The van der Waals surface area contributed by atoms with Crippen LogP contribution in [-0.2, 0) is 23.8 Å². The summed E-state index contributed by atoms with van der Waals surface area (Å²) in [5, 5.41) is 0. The molecule has 0 aromatic rings. The lowest BCUT2D eigenvalue weighted by Gasteiger charge is -2.25. The molecule has 112 valence electrons. The molecule has 0 amide bonds. The second-order valence-electron chi connectivity index (χ2n) is 5.57. The zero-order valence-electron chi connectivity index (χ0n) is 13.0. The van der Waals surface area contributed by atoms with E-state index in [4.69, 9.17) is 14.2 Å². The van der Waals surface area contributed by atoms with Gasteiger partial charge in [-0.05, 0) is 34.6 Å². The lowest BCUT2D eigenvalue weighted by atomic mass is 9.96. The third kappa shape index (κ3) is 7.15. The minimum absolute atomic E-state index is 0.402. The molecule has 5 heteroatoms. The smallest absolute Gasteiger partial charge is 0.311 e. The van der Waals surface area contributed by atoms with Gasteiger partial charge in [0.1, 0.15) is 5.60 Å². The lowest BCUT2D eigenvalue weighted by Crippen LogP contribution is -2.34. The Morgan fingerprint density at radius 3 is 1.89 bits per heavy atom. The van der Waals surface area contributed by atoms with Crippen LogP contribution >= 0.6 is 0 Å². The molecule has 0 spiro atoms. The van der Waals surface area contributed by atoms with E-state index >= 15 is 0 Å². The maximum Gasteiger partial charge on any atom is 0.311 e. The molecule has 3 unspecified atom stereocenters. The van der Waals surface area contributed by atoms with E-state index < -0.39 is 35.7 Å². The molecule has 0 radical (unpaired) electrons. The van der Waals surface area contributed by atoms with E-state index in [1.807, 2.05) is 6.92 Å². The van der Waals surface area contributed by atoms with Gasteiger partial charge in [0, 0.05) is 6.61 Å². The molecular formula is C14H26O5. The molecule has 0 N–H and O–H groups in total. The molecule has 3 atom stereocenters. The average Bonchev–Trinajstić information content (AvgIpc) is 2.24. The summed E-state index contributed by atoms with van der Waals surface area (Å²) < 4.78 is 15.5. The molecule has 0 bridgehead atoms. The first-order valence-corrected chi connectivity index (χ1v) is 6.63. The van der Waals surface area contributed by atoms with Crippen LogP contribution in [0.3, 0.4) is 0 Å². The Morgan fingerprint density at radius 2 is 1.47 bits per heavy atom. The quantitative estimate of drug-likeness (QED) is 0.550. The first-order valence-electron chi connectivity index (χ1n) is 6.63. The molecule has 0 aliphatic rings. The van der Waals surface area contributed by atoms with E-state index in [1.165, 1.54) is 0 Å². The zero-order valence-corrected chi connectivity index (χ0v) is 13.0. The molecule has 0 saturated carbocycles. The summed E-state index contributed by atoms with van der Waals surface area (Å²) in [4.78, 5) is 23.7. The van der Waals surface area contributed by atoms with Crippen molar-refractivity contribution >= 4 is 11.9 Å². The van der Waals surface area contributed by atoms with Crippen LogP contribution in [0.25, 0.3) is 0 Å². The monoisotopic (exact) mass is 274 g/mol. The van der Waals surface area contributed by atoms with Crippen LogP contribution in [0.2, 0.25) is 0 Å². The number of hydrogen-bond acceptors (Lipinski definition) is 5. The Hall–Kier alpha value is -1.10. The summed E-state index contributed by atoms with van der Waals surface area (Å²) in [7, 11) is 0. The van der Waals surface area contributed by atoms with E-state index in [0.29, 0.717) is 6.61 Å². The standard InChI is InChI=1S/C14H26O5/c1-8-17-11(4)18-12(15)9(2)10(3)13(16)19-14(5,6)7/h9-11H,8H2,1-7H3. The van der Waals surface area contributed by atoms with Crippen molar-refractivity contribution in [2.45, 2.75) is 60.4 Å². The van der Waals surface area contributed by atoms with E-state index in [2.05, 4.69) is 0 Å². The Balaban J connectivity index is 4.43. The number of hydrogen-bond donors (Lipinski definition) is 0. The highest BCUT2D eigenvalue weighted by atomic mass is 16.7. The molecular weight excluding hydrogens is 248 g/mol. The first-order chi connectivity index (χ1) is 8.58. The van der Waals surface area contributed by atoms with Crippen LogP contribution in [0.1, 0.15) is 48.5 Å². The molecule has 5 nitrogen and oxygen atoms in total. The van der Waals surface area contributed by atoms with Crippen LogP contribution in [0, 0.1) is 11.8 Å². The van der Waals surface area contributed by atoms with Crippen molar-refractivity contribution in [1.29, 1.82) is 0 Å². The van der Waals surface area contributed by atoms with Crippen molar-refractivity contribution in [3.8, 4) is 0 Å². The van der Waals surface area contributed by atoms with Gasteiger partial charge in [-0.1, -0.05) is 13.8 Å². The van der Waals surface area contributed by atoms with Gasteiger partial charge >= 0.3 is 11.9 Å². The molecule has 0 aromatic heterocycles. The van der Waals surface area contributed by atoms with Gasteiger partial charge < -0.3 is 14.2 Å². The van der Waals surface area contributed by atoms with Crippen LogP contribution in [0.15, 0.2) is 0 Å². The van der Waals surface area contributed by atoms with Gasteiger partial charge in [0.15, 0.2) is 6.29 Å². The number of carbonyl (C=O) groups excluding carboxylic acids is 2. The average molecular weight is 274 g/mol. The van der Waals surface area contributed by atoms with Crippen molar-refractivity contribution < 1.29 is 23.8 Å². The molecule has 0 aromatic carbocycles. The Labute approximate surface area is 115 Å². The third-order valence-electron chi connectivity index (χ3n) is 2.58. The Morgan fingerprint density at radius 1 is 1.00 bits per heavy atom. The van der Waals surface area contributed by atoms with Crippen LogP contribution in [-0.4, -0.2) is 30.4 Å². The van der Waals surface area contributed by atoms with Crippen molar-refractivity contribution in [2.75, 3.05) is 6.61 Å². The fraction of sp³-hybridized carbons (Fsp3) is 0.857. The minimum Gasteiger partial charge on any atom is -0.460 e. The van der Waals surface area contributed by atoms with E-state index in [-0.39, 0.29) is 0 Å². The van der Waals surface area contributed by atoms with Gasteiger partial charge in [-0.15, -0.1) is 0 Å². The van der Waals surface area contributed by atoms with Crippen molar-refractivity contribution in [2.24, 2.45) is 11.8 Å². The summed E-state index contributed by atoms with van der Waals surface area (Å²) >= 11 is 0. The number of esters is 2. The van der Waals surface area contributed by atoms with Crippen LogP contribution in [0.5, 0.6) is 0 Å². The highest BCUT2D eigenvalue weighted by molar-refractivity contribution is 5.81. The largest absolute Gasteiger partial charge is 0.460 e. The molecule has 0 aliphatic carbocycles. The SMILES string of the molecule is CCOC(C)OC(=O)C(C)C(C)C(=O)OC(C)(C)C. The van der Waals surface area contributed by atoms with E-state index in [9.17, 15) is 9.59 Å². The van der Waals surface area contributed by atoms with Crippen molar-refractivity contribution in [3.63, 3.8) is 0 Å². The van der Waals surface area contributed by atoms with Crippen molar-refractivity contribution in [3.05, 3.63) is 0 Å². The second kappa shape index (κ2) is 7.48.